The van der Waals surface area contributed by atoms with Crippen LogP contribution in [-0.4, -0.2) is 31.7 Å². The van der Waals surface area contributed by atoms with Gasteiger partial charge in [-0.05, 0) is 19.3 Å². The zero-order chi connectivity index (χ0) is 14.7. The first-order valence-corrected chi connectivity index (χ1v) is 6.73. The van der Waals surface area contributed by atoms with Crippen LogP contribution in [0.15, 0.2) is 18.5 Å². The van der Waals surface area contributed by atoms with Crippen LogP contribution in [0, 0.1) is 12.8 Å². The van der Waals surface area contributed by atoms with Gasteiger partial charge in [-0.25, -0.2) is 9.50 Å². The molecule has 0 radical (unpaired) electrons. The van der Waals surface area contributed by atoms with Gasteiger partial charge in [0.15, 0.2) is 5.65 Å². The Morgan fingerprint density at radius 1 is 1.50 bits per heavy atom. The Morgan fingerprint density at radius 3 is 2.90 bits per heavy atom. The van der Waals surface area contributed by atoms with Crippen molar-refractivity contribution in [3.8, 4) is 0 Å². The highest BCUT2D eigenvalue weighted by Crippen LogP contribution is 2.08. The number of aryl methyl sites for hydroxylation is 1. The molecule has 0 spiro atoms. The summed E-state index contributed by atoms with van der Waals surface area (Å²) in [4.78, 5) is 15.5. The van der Waals surface area contributed by atoms with Crippen molar-refractivity contribution in [2.45, 2.75) is 39.8 Å². The van der Waals surface area contributed by atoms with E-state index in [1.165, 1.54) is 0 Å². The number of nitrogens with zero attached hydrogens (tertiary/aromatic N) is 3. The van der Waals surface area contributed by atoms with E-state index in [0.717, 1.165) is 16.9 Å². The zero-order valence-corrected chi connectivity index (χ0v) is 12.0. The second-order valence-corrected chi connectivity index (χ2v) is 5.45. The Hall–Kier alpha value is -1.95. The van der Waals surface area contributed by atoms with Crippen LogP contribution >= 0.6 is 0 Å². The minimum absolute atomic E-state index is 0.331. The van der Waals surface area contributed by atoms with Gasteiger partial charge in [0.1, 0.15) is 6.04 Å². The molecule has 0 aliphatic rings. The minimum atomic E-state index is -0.817. The van der Waals surface area contributed by atoms with Gasteiger partial charge in [0, 0.05) is 30.6 Å². The molecule has 0 aromatic carbocycles. The van der Waals surface area contributed by atoms with E-state index < -0.39 is 12.0 Å². The van der Waals surface area contributed by atoms with E-state index in [-0.39, 0.29) is 0 Å². The fourth-order valence-electron chi connectivity index (χ4n) is 2.11. The van der Waals surface area contributed by atoms with Crippen molar-refractivity contribution in [3.05, 3.63) is 29.7 Å². The Bertz CT molecular complexity index is 606. The number of hydrogen-bond donors (Lipinski definition) is 2. The van der Waals surface area contributed by atoms with Gasteiger partial charge in [0.25, 0.3) is 0 Å². The lowest BCUT2D eigenvalue weighted by atomic mass is 10.0. The normalized spacial score (nSPS) is 13.0. The molecule has 2 aromatic heterocycles. The fraction of sp³-hybridized carbons (Fsp3) is 0.500. The van der Waals surface area contributed by atoms with E-state index in [1.807, 2.05) is 33.0 Å². The highest BCUT2D eigenvalue weighted by Gasteiger charge is 2.18. The summed E-state index contributed by atoms with van der Waals surface area (Å²) in [5.41, 5.74) is 2.62. The SMILES string of the molecule is Cc1cc2ncc(CNC(CC(C)C)C(=O)O)cn2n1. The Kier molecular flexibility index (Phi) is 4.34. The Balaban J connectivity index is 2.05. The van der Waals surface area contributed by atoms with E-state index >= 15 is 0 Å². The molecule has 2 aromatic rings. The van der Waals surface area contributed by atoms with E-state index in [2.05, 4.69) is 15.4 Å². The van der Waals surface area contributed by atoms with Crippen molar-refractivity contribution in [2.75, 3.05) is 0 Å². The summed E-state index contributed by atoms with van der Waals surface area (Å²) in [6, 6.07) is 1.36. The molecule has 0 bridgehead atoms. The average Bonchev–Trinajstić information content (AvgIpc) is 2.72. The van der Waals surface area contributed by atoms with Crippen molar-refractivity contribution < 1.29 is 9.90 Å². The number of carboxylic acid groups (broad SMARTS) is 1. The quantitative estimate of drug-likeness (QED) is 0.838. The third-order valence-electron chi connectivity index (χ3n) is 3.05. The molecule has 6 heteroatoms. The molecule has 2 N–H and O–H groups in total. The van der Waals surface area contributed by atoms with Gasteiger partial charge in [-0.15, -0.1) is 0 Å². The lowest BCUT2D eigenvalue weighted by molar-refractivity contribution is -0.140. The predicted octanol–water partition coefficient (Wildman–Crippen LogP) is 1.63. The van der Waals surface area contributed by atoms with Crippen LogP contribution in [0.3, 0.4) is 0 Å². The molecular weight excluding hydrogens is 256 g/mol. The molecule has 0 saturated carbocycles. The number of aromatic nitrogens is 3. The summed E-state index contributed by atoms with van der Waals surface area (Å²) in [5, 5.41) is 16.5. The average molecular weight is 276 g/mol. The highest BCUT2D eigenvalue weighted by atomic mass is 16.4. The van der Waals surface area contributed by atoms with Crippen LogP contribution < -0.4 is 5.32 Å². The number of aliphatic carboxylic acids is 1. The summed E-state index contributed by atoms with van der Waals surface area (Å²) in [7, 11) is 0. The zero-order valence-electron chi connectivity index (χ0n) is 12.0. The Morgan fingerprint density at radius 2 is 2.25 bits per heavy atom. The first-order chi connectivity index (χ1) is 9.45. The summed E-state index contributed by atoms with van der Waals surface area (Å²) in [6.07, 6.45) is 4.22. The van der Waals surface area contributed by atoms with Crippen molar-refractivity contribution in [3.63, 3.8) is 0 Å². The topological polar surface area (TPSA) is 79.5 Å². The predicted molar refractivity (Wildman–Crippen MR) is 75.4 cm³/mol. The summed E-state index contributed by atoms with van der Waals surface area (Å²) < 4.78 is 1.71. The maximum Gasteiger partial charge on any atom is 0.320 e. The van der Waals surface area contributed by atoms with Crippen LogP contribution in [-0.2, 0) is 11.3 Å². The number of carbonyl (C=O) groups is 1. The summed E-state index contributed by atoms with van der Waals surface area (Å²) in [5.74, 6) is -0.486. The number of carboxylic acids is 1. The van der Waals surface area contributed by atoms with Gasteiger partial charge in [-0.2, -0.15) is 5.10 Å². The standard InChI is InChI=1S/C14H20N4O2/c1-9(2)4-12(14(19)20)15-6-11-7-16-13-5-10(3)17-18(13)8-11/h5,7-9,12,15H,4,6H2,1-3H3,(H,19,20). The fourth-order valence-corrected chi connectivity index (χ4v) is 2.11. The molecule has 0 amide bonds. The molecular formula is C14H20N4O2. The van der Waals surface area contributed by atoms with E-state index in [1.54, 1.807) is 10.7 Å². The van der Waals surface area contributed by atoms with Crippen LogP contribution in [0.4, 0.5) is 0 Å². The molecule has 0 fully saturated rings. The molecule has 0 aliphatic carbocycles. The summed E-state index contributed by atoms with van der Waals surface area (Å²) >= 11 is 0. The first kappa shape index (κ1) is 14.5. The largest absolute Gasteiger partial charge is 0.480 e. The van der Waals surface area contributed by atoms with Gasteiger partial charge < -0.3 is 10.4 Å². The number of hydrogen-bond acceptors (Lipinski definition) is 4. The van der Waals surface area contributed by atoms with Gasteiger partial charge in [0.05, 0.1) is 5.69 Å². The van der Waals surface area contributed by atoms with Crippen molar-refractivity contribution in [1.29, 1.82) is 0 Å². The second kappa shape index (κ2) is 6.00. The molecule has 0 aliphatic heterocycles. The van der Waals surface area contributed by atoms with Crippen LogP contribution in [0.1, 0.15) is 31.5 Å². The number of rotatable bonds is 6. The van der Waals surface area contributed by atoms with Crippen molar-refractivity contribution >= 4 is 11.6 Å². The molecule has 108 valence electrons. The van der Waals surface area contributed by atoms with E-state index in [4.69, 9.17) is 0 Å². The monoisotopic (exact) mass is 276 g/mol. The molecule has 20 heavy (non-hydrogen) atoms. The van der Waals surface area contributed by atoms with Crippen molar-refractivity contribution in [1.82, 2.24) is 19.9 Å². The lowest BCUT2D eigenvalue weighted by Gasteiger charge is -2.16. The number of fused-ring (bicyclic) bond motifs is 1. The lowest BCUT2D eigenvalue weighted by Crippen LogP contribution is -2.37. The smallest absolute Gasteiger partial charge is 0.320 e. The highest BCUT2D eigenvalue weighted by molar-refractivity contribution is 5.73. The molecule has 1 atom stereocenters. The molecule has 2 heterocycles. The van der Waals surface area contributed by atoms with Gasteiger partial charge in [-0.3, -0.25) is 4.79 Å². The van der Waals surface area contributed by atoms with E-state index in [9.17, 15) is 9.90 Å². The summed E-state index contributed by atoms with van der Waals surface area (Å²) in [6.45, 7) is 6.40. The van der Waals surface area contributed by atoms with Crippen molar-refractivity contribution in [2.24, 2.45) is 5.92 Å². The molecule has 0 saturated heterocycles. The third-order valence-corrected chi connectivity index (χ3v) is 3.05. The van der Waals surface area contributed by atoms with Gasteiger partial charge >= 0.3 is 5.97 Å². The molecule has 2 rings (SSSR count). The second-order valence-electron chi connectivity index (χ2n) is 5.45. The van der Waals surface area contributed by atoms with Gasteiger partial charge in [0.2, 0.25) is 0 Å². The Labute approximate surface area is 117 Å². The third kappa shape index (κ3) is 3.54. The first-order valence-electron chi connectivity index (χ1n) is 6.73. The van der Waals surface area contributed by atoms with Crippen LogP contribution in [0.2, 0.25) is 0 Å². The maximum absolute atomic E-state index is 11.2. The van der Waals surface area contributed by atoms with E-state index in [0.29, 0.717) is 18.9 Å². The maximum atomic E-state index is 11.2. The van der Waals surface area contributed by atoms with Gasteiger partial charge in [-0.1, -0.05) is 13.8 Å². The number of nitrogens with one attached hydrogen (secondary N) is 1. The van der Waals surface area contributed by atoms with Crippen LogP contribution in [0.5, 0.6) is 0 Å². The van der Waals surface area contributed by atoms with Crippen LogP contribution in [0.25, 0.3) is 5.65 Å². The minimum Gasteiger partial charge on any atom is -0.480 e. The molecule has 1 unspecified atom stereocenters. The molecule has 6 nitrogen and oxygen atoms in total.